The third-order valence-corrected chi connectivity index (χ3v) is 2.74. The lowest BCUT2D eigenvalue weighted by atomic mass is 10.5. The Morgan fingerprint density at radius 2 is 2.43 bits per heavy atom. The summed E-state index contributed by atoms with van der Waals surface area (Å²) in [4.78, 5) is 11.2. The number of rotatable bonds is 4. The number of nitrogens with one attached hydrogen (secondary N) is 2. The van der Waals surface area contributed by atoms with Crippen LogP contribution in [0.3, 0.4) is 0 Å². The molecule has 0 aliphatic rings. The molecule has 8 heteroatoms. The van der Waals surface area contributed by atoms with E-state index in [0.717, 1.165) is 18.0 Å². The second-order valence-electron chi connectivity index (χ2n) is 2.34. The Labute approximate surface area is 102 Å². The summed E-state index contributed by atoms with van der Waals surface area (Å²) in [5.74, 6) is 0. The molecule has 5 nitrogen and oxygen atoms in total. The molecule has 1 rings (SSSR count). The highest BCUT2D eigenvalue weighted by atomic mass is 79.9. The molecule has 0 spiro atoms. The summed E-state index contributed by atoms with van der Waals surface area (Å²) in [7, 11) is 0. The summed E-state index contributed by atoms with van der Waals surface area (Å²) in [6.07, 6.45) is 2.32. The van der Waals surface area contributed by atoms with Gasteiger partial charge in [0.2, 0.25) is 0 Å². The molecule has 78 valence electrons. The van der Waals surface area contributed by atoms with Crippen molar-refractivity contribution in [2.75, 3.05) is 11.9 Å². The van der Waals surface area contributed by atoms with Crippen molar-refractivity contribution in [3.8, 4) is 0 Å². The van der Waals surface area contributed by atoms with Crippen LogP contribution < -0.4 is 10.6 Å². The predicted octanol–water partition coefficient (Wildman–Crippen LogP) is 2.17. The molecular weight excluding hydrogens is 336 g/mol. The van der Waals surface area contributed by atoms with Crippen molar-refractivity contribution in [1.82, 2.24) is 14.9 Å². The van der Waals surface area contributed by atoms with Crippen molar-refractivity contribution in [2.45, 2.75) is 10.2 Å². The molecule has 0 saturated heterocycles. The van der Waals surface area contributed by atoms with Crippen molar-refractivity contribution in [3.05, 3.63) is 6.20 Å². The lowest BCUT2D eigenvalue weighted by Gasteiger charge is -2.05. The quantitative estimate of drug-likeness (QED) is 0.823. The molecule has 0 aromatic carbocycles. The van der Waals surface area contributed by atoms with Gasteiger partial charge in [-0.05, 0) is 6.42 Å². The lowest BCUT2D eigenvalue weighted by Crippen LogP contribution is -2.29. The number of carbonyl (C=O) groups is 1. The minimum Gasteiger partial charge on any atom is -0.338 e. The monoisotopic (exact) mass is 342 g/mol. The summed E-state index contributed by atoms with van der Waals surface area (Å²) in [5, 5.41) is 9.53. The van der Waals surface area contributed by atoms with Gasteiger partial charge in [0.1, 0.15) is 5.00 Å². The van der Waals surface area contributed by atoms with Crippen molar-refractivity contribution >= 4 is 54.4 Å². The van der Waals surface area contributed by atoms with Crippen LogP contribution in [-0.4, -0.2) is 25.9 Å². The maximum Gasteiger partial charge on any atom is 0.319 e. The highest BCUT2D eigenvalue weighted by Crippen LogP contribution is 2.11. The first-order chi connectivity index (χ1) is 6.68. The average molecular weight is 344 g/mol. The Kier molecular flexibility index (Phi) is 5.34. The summed E-state index contributed by atoms with van der Waals surface area (Å²) < 4.78 is 3.84. The average Bonchev–Trinajstić information content (AvgIpc) is 2.56. The van der Waals surface area contributed by atoms with Crippen LogP contribution in [0.2, 0.25) is 0 Å². The van der Waals surface area contributed by atoms with Crippen LogP contribution >= 0.6 is 43.4 Å². The zero-order valence-electron chi connectivity index (χ0n) is 7.04. The molecule has 0 unspecified atom stereocenters. The topological polar surface area (TPSA) is 66.9 Å². The number of aromatic nitrogens is 2. The van der Waals surface area contributed by atoms with E-state index < -0.39 is 0 Å². The molecule has 1 aromatic heterocycles. The van der Waals surface area contributed by atoms with Crippen LogP contribution in [0.15, 0.2) is 6.20 Å². The van der Waals surface area contributed by atoms with Gasteiger partial charge >= 0.3 is 6.03 Å². The zero-order chi connectivity index (χ0) is 10.4. The van der Waals surface area contributed by atoms with E-state index in [-0.39, 0.29) is 9.77 Å². The number of hydrogen-bond donors (Lipinski definition) is 2. The molecule has 1 aromatic rings. The van der Waals surface area contributed by atoms with Gasteiger partial charge in [-0.2, -0.15) is 0 Å². The van der Waals surface area contributed by atoms with Crippen LogP contribution in [0.25, 0.3) is 0 Å². The number of nitrogens with zero attached hydrogens (tertiary/aromatic N) is 2. The molecule has 0 radical (unpaired) electrons. The summed E-state index contributed by atoms with van der Waals surface area (Å²) >= 11 is 7.76. The number of alkyl halides is 2. The fourth-order valence-corrected chi connectivity index (χ4v) is 1.55. The van der Waals surface area contributed by atoms with Gasteiger partial charge < -0.3 is 5.32 Å². The Morgan fingerprint density at radius 1 is 1.64 bits per heavy atom. The number of amides is 2. The second-order valence-corrected chi connectivity index (χ2v) is 6.57. The van der Waals surface area contributed by atoms with Crippen LogP contribution in [0.4, 0.5) is 9.80 Å². The van der Waals surface area contributed by atoms with Gasteiger partial charge in [-0.3, -0.25) is 5.32 Å². The van der Waals surface area contributed by atoms with Crippen LogP contribution in [0, 0.1) is 0 Å². The first kappa shape index (κ1) is 11.9. The van der Waals surface area contributed by atoms with E-state index in [2.05, 4.69) is 52.1 Å². The van der Waals surface area contributed by atoms with Gasteiger partial charge in [-0.1, -0.05) is 36.3 Å². The van der Waals surface area contributed by atoms with Crippen molar-refractivity contribution < 1.29 is 4.79 Å². The third-order valence-electron chi connectivity index (χ3n) is 1.25. The molecule has 0 fully saturated rings. The molecule has 14 heavy (non-hydrogen) atoms. The molecular formula is C6H8Br2N4OS. The first-order valence-electron chi connectivity index (χ1n) is 3.79. The van der Waals surface area contributed by atoms with Gasteiger partial charge in [0.05, 0.1) is 9.93 Å². The first-order valence-corrected chi connectivity index (χ1v) is 6.39. The van der Waals surface area contributed by atoms with Gasteiger partial charge in [0.25, 0.3) is 0 Å². The largest absolute Gasteiger partial charge is 0.338 e. The Hall–Kier alpha value is -0.210. The molecule has 0 atom stereocenters. The number of urea groups is 1. The Morgan fingerprint density at radius 3 is 3.00 bits per heavy atom. The normalized spacial score (nSPS) is 10.2. The van der Waals surface area contributed by atoms with E-state index in [1.807, 2.05) is 0 Å². The molecule has 1 heterocycles. The van der Waals surface area contributed by atoms with Gasteiger partial charge in [-0.15, -0.1) is 5.10 Å². The lowest BCUT2D eigenvalue weighted by molar-refractivity contribution is 0.252. The molecule has 2 N–H and O–H groups in total. The van der Waals surface area contributed by atoms with E-state index in [1.54, 1.807) is 0 Å². The highest BCUT2D eigenvalue weighted by Gasteiger charge is 2.03. The summed E-state index contributed by atoms with van der Waals surface area (Å²) in [5.41, 5.74) is 0. The Balaban J connectivity index is 2.17. The smallest absolute Gasteiger partial charge is 0.319 e. The number of hydrogen-bond acceptors (Lipinski definition) is 4. The van der Waals surface area contributed by atoms with Crippen molar-refractivity contribution in [3.63, 3.8) is 0 Å². The highest BCUT2D eigenvalue weighted by molar-refractivity contribution is 9.24. The fraction of sp³-hybridized carbons (Fsp3) is 0.500. The van der Waals surface area contributed by atoms with Crippen LogP contribution in [0.5, 0.6) is 0 Å². The third kappa shape index (κ3) is 4.87. The van der Waals surface area contributed by atoms with Crippen molar-refractivity contribution in [2.24, 2.45) is 0 Å². The fourth-order valence-electron chi connectivity index (χ4n) is 0.673. The maximum atomic E-state index is 11.2. The van der Waals surface area contributed by atoms with Gasteiger partial charge in [0.15, 0.2) is 0 Å². The van der Waals surface area contributed by atoms with Crippen molar-refractivity contribution in [1.29, 1.82) is 0 Å². The molecule has 0 saturated carbocycles. The van der Waals surface area contributed by atoms with Crippen LogP contribution in [-0.2, 0) is 0 Å². The van der Waals surface area contributed by atoms with E-state index in [1.165, 1.54) is 6.20 Å². The Bertz CT molecular complexity index is 279. The molecule has 0 aliphatic carbocycles. The van der Waals surface area contributed by atoms with Crippen LogP contribution in [0.1, 0.15) is 6.42 Å². The zero-order valence-corrected chi connectivity index (χ0v) is 11.0. The number of carbonyl (C=O) groups excluding carboxylic acids is 1. The van der Waals surface area contributed by atoms with E-state index in [4.69, 9.17) is 0 Å². The standard InChI is InChI=1S/C6H8Br2N4OS/c7-4(8)1-2-9-6(13)11-5-3-10-12-14-5/h3-4H,1-2H2,(H2,9,11,13). The molecule has 2 amide bonds. The predicted molar refractivity (Wildman–Crippen MR) is 63.2 cm³/mol. The summed E-state index contributed by atoms with van der Waals surface area (Å²) in [6.45, 7) is 0.596. The minimum atomic E-state index is -0.239. The SMILES string of the molecule is O=C(NCCC(Br)Br)Nc1cnns1. The van der Waals surface area contributed by atoms with Gasteiger partial charge in [-0.25, -0.2) is 4.79 Å². The number of anilines is 1. The van der Waals surface area contributed by atoms with E-state index >= 15 is 0 Å². The second kappa shape index (κ2) is 6.31. The summed E-state index contributed by atoms with van der Waals surface area (Å²) in [6, 6.07) is -0.239. The number of halogens is 2. The van der Waals surface area contributed by atoms with E-state index in [0.29, 0.717) is 11.5 Å². The maximum absolute atomic E-state index is 11.2. The molecule has 0 bridgehead atoms. The minimum absolute atomic E-state index is 0.223. The van der Waals surface area contributed by atoms with E-state index in [9.17, 15) is 4.79 Å². The molecule has 0 aliphatic heterocycles. The van der Waals surface area contributed by atoms with Gasteiger partial charge in [0, 0.05) is 18.1 Å².